The van der Waals surface area contributed by atoms with E-state index in [4.69, 9.17) is 23.2 Å². The van der Waals surface area contributed by atoms with Gasteiger partial charge < -0.3 is 5.11 Å². The van der Waals surface area contributed by atoms with Crippen molar-refractivity contribution in [2.24, 2.45) is 7.05 Å². The third kappa shape index (κ3) is 2.14. The molecule has 0 radical (unpaired) electrons. The Morgan fingerprint density at radius 1 is 1.29 bits per heavy atom. The van der Waals surface area contributed by atoms with E-state index < -0.39 is 5.56 Å². The highest BCUT2D eigenvalue weighted by Gasteiger charge is 2.12. The second kappa shape index (κ2) is 4.39. The van der Waals surface area contributed by atoms with E-state index >= 15 is 0 Å². The fourth-order valence-electron chi connectivity index (χ4n) is 1.45. The molecule has 0 unspecified atom stereocenters. The zero-order chi connectivity index (χ0) is 12.6. The number of halogens is 2. The van der Waals surface area contributed by atoms with Gasteiger partial charge in [0.25, 0.3) is 5.56 Å². The molecule has 0 amide bonds. The van der Waals surface area contributed by atoms with Crippen molar-refractivity contribution in [2.75, 3.05) is 0 Å². The largest absolute Gasteiger partial charge is 0.505 e. The van der Waals surface area contributed by atoms with E-state index in [-0.39, 0.29) is 11.3 Å². The lowest BCUT2D eigenvalue weighted by atomic mass is 10.1. The Hall–Kier alpha value is -1.52. The third-order valence-electron chi connectivity index (χ3n) is 2.33. The van der Waals surface area contributed by atoms with E-state index in [0.29, 0.717) is 15.6 Å². The van der Waals surface area contributed by atoms with Gasteiger partial charge in [0.15, 0.2) is 0 Å². The van der Waals surface area contributed by atoms with Crippen LogP contribution in [0.4, 0.5) is 0 Å². The van der Waals surface area contributed by atoms with Gasteiger partial charge in [0, 0.05) is 7.05 Å². The first-order valence-corrected chi connectivity index (χ1v) is 5.47. The number of aromatic nitrogens is 2. The molecule has 0 spiro atoms. The summed E-state index contributed by atoms with van der Waals surface area (Å²) in [7, 11) is 1.50. The zero-order valence-electron chi connectivity index (χ0n) is 8.82. The second-order valence-corrected chi connectivity index (χ2v) is 4.28. The molecule has 2 aromatic rings. The molecule has 2 rings (SSSR count). The fraction of sp³-hybridized carbons (Fsp3) is 0.0909. The zero-order valence-corrected chi connectivity index (χ0v) is 10.3. The number of aromatic hydroxyl groups is 1. The molecular weight excluding hydrogens is 263 g/mol. The summed E-state index contributed by atoms with van der Waals surface area (Å²) >= 11 is 11.7. The van der Waals surface area contributed by atoms with Gasteiger partial charge >= 0.3 is 0 Å². The van der Waals surface area contributed by atoms with Gasteiger partial charge in [0.1, 0.15) is 5.75 Å². The second-order valence-electron chi connectivity index (χ2n) is 3.46. The Kier molecular flexibility index (Phi) is 3.09. The quantitative estimate of drug-likeness (QED) is 0.866. The smallest absolute Gasteiger partial charge is 0.278 e. The van der Waals surface area contributed by atoms with Crippen molar-refractivity contribution in [3.05, 3.63) is 44.8 Å². The Bertz CT molecular complexity index is 638. The Morgan fingerprint density at radius 3 is 2.65 bits per heavy atom. The van der Waals surface area contributed by atoms with Crippen molar-refractivity contribution in [3.63, 3.8) is 0 Å². The molecule has 0 fully saturated rings. The minimum absolute atomic E-state index is 0.154. The molecule has 0 atom stereocenters. The Labute approximate surface area is 107 Å². The summed E-state index contributed by atoms with van der Waals surface area (Å²) in [6.07, 6.45) is 1.21. The maximum atomic E-state index is 11.9. The molecule has 0 aliphatic rings. The van der Waals surface area contributed by atoms with Crippen LogP contribution in [0.2, 0.25) is 10.0 Å². The van der Waals surface area contributed by atoms with Gasteiger partial charge in [-0.1, -0.05) is 29.3 Å². The number of aryl methyl sites for hydroxylation is 1. The summed E-state index contributed by atoms with van der Waals surface area (Å²) in [5.41, 5.74) is 0.254. The topological polar surface area (TPSA) is 55.1 Å². The highest BCUT2D eigenvalue weighted by Crippen LogP contribution is 2.30. The number of hydrogen-bond acceptors (Lipinski definition) is 3. The van der Waals surface area contributed by atoms with Gasteiger partial charge in [0.05, 0.1) is 21.8 Å². The molecule has 1 aromatic carbocycles. The monoisotopic (exact) mass is 270 g/mol. The van der Waals surface area contributed by atoms with Gasteiger partial charge in [-0.05, 0) is 17.7 Å². The molecule has 17 heavy (non-hydrogen) atoms. The number of nitrogens with zero attached hydrogens (tertiary/aromatic N) is 2. The molecule has 0 bridgehead atoms. The summed E-state index contributed by atoms with van der Waals surface area (Å²) < 4.78 is 1.14. The lowest BCUT2D eigenvalue weighted by Gasteiger charge is -2.06. The van der Waals surface area contributed by atoms with Crippen LogP contribution in [0.15, 0.2) is 29.2 Å². The van der Waals surface area contributed by atoms with E-state index in [9.17, 15) is 9.90 Å². The summed E-state index contributed by atoms with van der Waals surface area (Å²) in [5, 5.41) is 14.1. The highest BCUT2D eigenvalue weighted by atomic mass is 35.5. The van der Waals surface area contributed by atoms with E-state index in [1.54, 1.807) is 12.1 Å². The normalized spacial score (nSPS) is 10.5. The van der Waals surface area contributed by atoms with Crippen LogP contribution < -0.4 is 5.56 Å². The van der Waals surface area contributed by atoms with Gasteiger partial charge in [-0.3, -0.25) is 4.79 Å². The lowest BCUT2D eigenvalue weighted by Crippen LogP contribution is -2.20. The maximum Gasteiger partial charge on any atom is 0.278 e. The van der Waals surface area contributed by atoms with E-state index in [1.807, 2.05) is 0 Å². The molecule has 6 heteroatoms. The molecule has 0 aliphatic carbocycles. The third-order valence-corrected chi connectivity index (χ3v) is 3.06. The van der Waals surface area contributed by atoms with Crippen molar-refractivity contribution in [3.8, 4) is 16.9 Å². The van der Waals surface area contributed by atoms with Gasteiger partial charge in [-0.15, -0.1) is 0 Å². The SMILES string of the molecule is Cn1ncc(O)c(-c2ccc(Cl)c(Cl)c2)c1=O. The standard InChI is InChI=1S/C11H8Cl2N2O2/c1-15-11(17)10(9(16)5-14-15)6-2-3-7(12)8(13)4-6/h2-5,16H,1H3. The molecule has 0 saturated carbocycles. The molecule has 1 aromatic heterocycles. The molecule has 1 heterocycles. The molecule has 0 aliphatic heterocycles. The Morgan fingerprint density at radius 2 is 2.00 bits per heavy atom. The number of rotatable bonds is 1. The first-order chi connectivity index (χ1) is 8.00. The van der Waals surface area contributed by atoms with Crippen LogP contribution in [-0.4, -0.2) is 14.9 Å². The fourth-order valence-corrected chi connectivity index (χ4v) is 1.75. The van der Waals surface area contributed by atoms with Crippen molar-refractivity contribution in [1.82, 2.24) is 9.78 Å². The van der Waals surface area contributed by atoms with Crippen LogP contribution >= 0.6 is 23.2 Å². The molecule has 0 saturated heterocycles. The summed E-state index contributed by atoms with van der Waals surface area (Å²) in [4.78, 5) is 11.9. The van der Waals surface area contributed by atoms with Gasteiger partial charge in [0.2, 0.25) is 0 Å². The van der Waals surface area contributed by atoms with E-state index in [2.05, 4.69) is 5.10 Å². The lowest BCUT2D eigenvalue weighted by molar-refractivity contribution is 0.467. The number of hydrogen-bond donors (Lipinski definition) is 1. The molecule has 4 nitrogen and oxygen atoms in total. The number of benzene rings is 1. The van der Waals surface area contributed by atoms with Gasteiger partial charge in [-0.2, -0.15) is 5.10 Å². The van der Waals surface area contributed by atoms with Crippen molar-refractivity contribution in [2.45, 2.75) is 0 Å². The molecular formula is C11H8Cl2N2O2. The summed E-state index contributed by atoms with van der Waals surface area (Å²) in [5.74, 6) is -0.188. The van der Waals surface area contributed by atoms with Crippen LogP contribution in [0.25, 0.3) is 11.1 Å². The molecule has 88 valence electrons. The Balaban J connectivity index is 2.72. The minimum Gasteiger partial charge on any atom is -0.505 e. The average Bonchev–Trinajstić information content (AvgIpc) is 2.29. The highest BCUT2D eigenvalue weighted by molar-refractivity contribution is 6.42. The van der Waals surface area contributed by atoms with Crippen LogP contribution in [-0.2, 0) is 7.05 Å². The van der Waals surface area contributed by atoms with Crippen molar-refractivity contribution in [1.29, 1.82) is 0 Å². The van der Waals surface area contributed by atoms with Crippen LogP contribution in [0.3, 0.4) is 0 Å². The first kappa shape index (κ1) is 12.0. The molecule has 1 N–H and O–H groups in total. The predicted octanol–water partition coefficient (Wildman–Crippen LogP) is 2.46. The van der Waals surface area contributed by atoms with Gasteiger partial charge in [-0.25, -0.2) is 4.68 Å². The maximum absolute atomic E-state index is 11.9. The van der Waals surface area contributed by atoms with Crippen LogP contribution in [0.5, 0.6) is 5.75 Å². The van der Waals surface area contributed by atoms with E-state index in [1.165, 1.54) is 19.3 Å². The van der Waals surface area contributed by atoms with Crippen molar-refractivity contribution >= 4 is 23.2 Å². The van der Waals surface area contributed by atoms with Crippen LogP contribution in [0, 0.1) is 0 Å². The average molecular weight is 271 g/mol. The predicted molar refractivity (Wildman–Crippen MR) is 66.6 cm³/mol. The van der Waals surface area contributed by atoms with Crippen molar-refractivity contribution < 1.29 is 5.11 Å². The first-order valence-electron chi connectivity index (χ1n) is 4.71. The van der Waals surface area contributed by atoms with E-state index in [0.717, 1.165) is 4.68 Å². The summed E-state index contributed by atoms with van der Waals surface area (Å²) in [6.45, 7) is 0. The minimum atomic E-state index is -0.400. The summed E-state index contributed by atoms with van der Waals surface area (Å²) in [6, 6.07) is 4.71. The van der Waals surface area contributed by atoms with Crippen LogP contribution in [0.1, 0.15) is 0 Å².